The van der Waals surface area contributed by atoms with Gasteiger partial charge >= 0.3 is 0 Å². The number of hydrogen-bond donors (Lipinski definition) is 1. The molecule has 0 aromatic heterocycles. The van der Waals surface area contributed by atoms with Crippen LogP contribution < -0.4 is 0 Å². The van der Waals surface area contributed by atoms with E-state index in [1.54, 1.807) is 0 Å². The molecule has 5 rings (SSSR count). The number of nitrogens with zero attached hydrogens (tertiary/aromatic N) is 3. The third kappa shape index (κ3) is 9.42. The number of nitrogens with one attached hydrogen (secondary N) is 1. The third-order valence-electron chi connectivity index (χ3n) is 11.9. The van der Waals surface area contributed by atoms with E-state index in [9.17, 15) is 5.41 Å². The molecule has 0 radical (unpaired) electrons. The summed E-state index contributed by atoms with van der Waals surface area (Å²) in [7, 11) is 0. The van der Waals surface area contributed by atoms with E-state index >= 15 is 0 Å². The van der Waals surface area contributed by atoms with Crippen molar-refractivity contribution in [2.75, 3.05) is 6.54 Å². The van der Waals surface area contributed by atoms with Crippen LogP contribution in [0.2, 0.25) is 0 Å². The van der Waals surface area contributed by atoms with Crippen LogP contribution >= 0.6 is 11.8 Å². The van der Waals surface area contributed by atoms with Crippen LogP contribution in [0.15, 0.2) is 98.0 Å². The monoisotopic (exact) mass is 707 g/mol. The summed E-state index contributed by atoms with van der Waals surface area (Å²) in [6.45, 7) is 25.6. The highest BCUT2D eigenvalue weighted by Crippen LogP contribution is 2.60. The summed E-state index contributed by atoms with van der Waals surface area (Å²) in [5, 5.41) is 9.61. The van der Waals surface area contributed by atoms with Gasteiger partial charge in [0.25, 0.3) is 0 Å². The van der Waals surface area contributed by atoms with Crippen molar-refractivity contribution in [3.05, 3.63) is 83.0 Å². The Kier molecular flexibility index (Phi) is 13.4. The predicted octanol–water partition coefficient (Wildman–Crippen LogP) is 12.1. The van der Waals surface area contributed by atoms with Crippen molar-refractivity contribution in [2.24, 2.45) is 73.7 Å². The lowest BCUT2D eigenvalue weighted by atomic mass is 9.85. The lowest BCUT2D eigenvalue weighted by molar-refractivity contribution is 0.404. The van der Waals surface area contributed by atoms with E-state index in [0.29, 0.717) is 58.3 Å². The Bertz CT molecular complexity index is 1550. The van der Waals surface area contributed by atoms with E-state index in [-0.39, 0.29) is 17.4 Å². The lowest BCUT2D eigenvalue weighted by Crippen LogP contribution is -2.27. The summed E-state index contributed by atoms with van der Waals surface area (Å²) < 4.78 is 0. The number of rotatable bonds is 14. The molecule has 0 spiro atoms. The minimum absolute atomic E-state index is 0.0790. The first-order valence-corrected chi connectivity index (χ1v) is 20.9. The molecule has 1 saturated carbocycles. The molecule has 10 atom stereocenters. The number of thioether (sulfide) groups is 1. The highest BCUT2D eigenvalue weighted by molar-refractivity contribution is 8.05. The zero-order chi connectivity index (χ0) is 36.9. The Morgan fingerprint density at radius 3 is 2.53 bits per heavy atom. The Morgan fingerprint density at radius 2 is 1.84 bits per heavy atom. The molecule has 1 aliphatic heterocycles. The standard InChI is InChI=1S/C46H66N4S/c1-11-17-40(46(8,9)10)49-28-38(48-26-29(3)4)34(12-2)42-37-25-24-33(23-22-31(6)41(37)42)32(7)27-50-44-36-20-15-16-21-39(36)51-45(44)43(47)35-19-14-13-18-30(35)5/h12-13,15-16,18,20-23,26-27,29,31-34,36-39,41-42,47H,2,11,14,17,19,24-25,28H2,1,3-10H3/b23-22-,47-43?,48-26?,49-40?,50-27?/t31-,32-,33+,34?,36?,37+,38?,39?,41-,42-/m1/s1. The quantitative estimate of drug-likeness (QED) is 0.142. The molecule has 5 heteroatoms. The normalized spacial score (nSPS) is 31.9. The zero-order valence-corrected chi connectivity index (χ0v) is 33.9. The average Bonchev–Trinajstić information content (AvgIpc) is 3.66. The second-order valence-corrected chi connectivity index (χ2v) is 18.4. The Hall–Kier alpha value is -2.79. The van der Waals surface area contributed by atoms with Gasteiger partial charge in [-0.05, 0) is 97.0 Å². The largest absolute Gasteiger partial charge is 0.299 e. The third-order valence-corrected chi connectivity index (χ3v) is 13.3. The SMILES string of the molecule is C=CC(C(CN=C(CCC)C(C)(C)C)N=CC(C)C)[C@@H]1[C@H]2CC[C@@H]([C@H](C)C=NC3=C(C(=N)C4=C(C)C=CCC4)SC4C=CC=CC34)/C=C\[C@@H](C)[C@H]21. The zero-order valence-electron chi connectivity index (χ0n) is 33.1. The van der Waals surface area contributed by atoms with Gasteiger partial charge in [-0.15, -0.1) is 18.3 Å². The molecule has 4 unspecified atom stereocenters. The summed E-state index contributed by atoms with van der Waals surface area (Å²) in [5.41, 5.74) is 5.56. The maximum atomic E-state index is 9.29. The fourth-order valence-corrected chi connectivity index (χ4v) is 10.3. The maximum Gasteiger partial charge on any atom is 0.0756 e. The van der Waals surface area contributed by atoms with Gasteiger partial charge in [-0.3, -0.25) is 20.4 Å². The van der Waals surface area contributed by atoms with E-state index in [0.717, 1.165) is 42.8 Å². The van der Waals surface area contributed by atoms with Gasteiger partial charge in [0.15, 0.2) is 0 Å². The van der Waals surface area contributed by atoms with E-state index in [4.69, 9.17) is 15.0 Å². The van der Waals surface area contributed by atoms with Crippen LogP contribution in [0.1, 0.15) is 101 Å². The van der Waals surface area contributed by atoms with Gasteiger partial charge < -0.3 is 0 Å². The fraction of sp³-hybridized carbons (Fsp3) is 0.609. The van der Waals surface area contributed by atoms with E-state index < -0.39 is 0 Å². The molecule has 0 aromatic carbocycles. The van der Waals surface area contributed by atoms with Gasteiger partial charge in [0.1, 0.15) is 0 Å². The highest BCUT2D eigenvalue weighted by atomic mass is 32.2. The molecule has 0 amide bonds. The number of aliphatic imine (C=N–C) groups is 3. The van der Waals surface area contributed by atoms with Crippen LogP contribution in [-0.4, -0.2) is 41.7 Å². The minimum Gasteiger partial charge on any atom is -0.299 e. The molecule has 1 N–H and O–H groups in total. The molecule has 1 fully saturated rings. The molecule has 51 heavy (non-hydrogen) atoms. The van der Waals surface area contributed by atoms with Gasteiger partial charge in [0, 0.05) is 35.2 Å². The topological polar surface area (TPSA) is 60.9 Å². The minimum atomic E-state index is 0.0790. The van der Waals surface area contributed by atoms with Crippen molar-refractivity contribution >= 4 is 35.6 Å². The van der Waals surface area contributed by atoms with E-state index in [2.05, 4.69) is 136 Å². The molecule has 0 aromatic rings. The molecule has 4 aliphatic carbocycles. The first-order valence-electron chi connectivity index (χ1n) is 20.0. The summed E-state index contributed by atoms with van der Waals surface area (Å²) in [6, 6.07) is 0.137. The molecule has 276 valence electrons. The van der Waals surface area contributed by atoms with Gasteiger partial charge in [0.2, 0.25) is 0 Å². The summed E-state index contributed by atoms with van der Waals surface area (Å²) in [5.74, 6) is 4.25. The van der Waals surface area contributed by atoms with Crippen LogP contribution in [0.3, 0.4) is 0 Å². The molecule has 0 bridgehead atoms. The van der Waals surface area contributed by atoms with Crippen molar-refractivity contribution in [3.63, 3.8) is 0 Å². The molecule has 1 heterocycles. The van der Waals surface area contributed by atoms with Crippen molar-refractivity contribution in [1.29, 1.82) is 5.41 Å². The van der Waals surface area contributed by atoms with Crippen LogP contribution in [0, 0.1) is 64.1 Å². The van der Waals surface area contributed by atoms with E-state index in [1.165, 1.54) is 29.7 Å². The Balaban J connectivity index is 1.32. The summed E-state index contributed by atoms with van der Waals surface area (Å²) in [6.07, 6.45) is 31.4. The number of hydrogen-bond acceptors (Lipinski definition) is 5. The van der Waals surface area contributed by atoms with Gasteiger partial charge in [0.05, 0.1) is 28.9 Å². The Labute approximate surface area is 315 Å². The van der Waals surface area contributed by atoms with Crippen molar-refractivity contribution < 1.29 is 0 Å². The molecule has 5 aliphatic rings. The predicted molar refractivity (Wildman–Crippen MR) is 226 cm³/mol. The van der Waals surface area contributed by atoms with E-state index in [1.807, 2.05) is 11.8 Å². The van der Waals surface area contributed by atoms with Crippen molar-refractivity contribution in [3.8, 4) is 0 Å². The number of fused-ring (bicyclic) bond motifs is 2. The van der Waals surface area contributed by atoms with Crippen LogP contribution in [0.5, 0.6) is 0 Å². The smallest absolute Gasteiger partial charge is 0.0756 e. The maximum absolute atomic E-state index is 9.29. The average molecular weight is 707 g/mol. The summed E-state index contributed by atoms with van der Waals surface area (Å²) in [4.78, 5) is 16.8. The lowest BCUT2D eigenvalue weighted by Gasteiger charge is -2.25. The van der Waals surface area contributed by atoms with Crippen molar-refractivity contribution in [1.82, 2.24) is 0 Å². The van der Waals surface area contributed by atoms with Gasteiger partial charge in [-0.1, -0.05) is 116 Å². The summed E-state index contributed by atoms with van der Waals surface area (Å²) >= 11 is 1.83. The first-order chi connectivity index (χ1) is 24.3. The first kappa shape index (κ1) is 39.4. The van der Waals surface area contributed by atoms with Gasteiger partial charge in [-0.2, -0.15) is 0 Å². The molecule has 4 nitrogen and oxygen atoms in total. The van der Waals surface area contributed by atoms with Gasteiger partial charge in [-0.25, -0.2) is 0 Å². The van der Waals surface area contributed by atoms with Crippen LogP contribution in [0.4, 0.5) is 0 Å². The second-order valence-electron chi connectivity index (χ2n) is 17.2. The highest BCUT2D eigenvalue weighted by Gasteiger charge is 2.56. The van der Waals surface area contributed by atoms with Crippen molar-refractivity contribution in [2.45, 2.75) is 112 Å². The number of allylic oxidation sites excluding steroid dienone is 10. The fourth-order valence-electron chi connectivity index (χ4n) is 8.89. The second kappa shape index (κ2) is 17.4. The molecular formula is C46H66N4S. The molecular weight excluding hydrogens is 641 g/mol. The van der Waals surface area contributed by atoms with Crippen LogP contribution in [0.25, 0.3) is 0 Å². The van der Waals surface area contributed by atoms with Crippen LogP contribution in [-0.2, 0) is 0 Å². The Morgan fingerprint density at radius 1 is 1.08 bits per heavy atom. The molecule has 0 saturated heterocycles.